The maximum Gasteiger partial charge on any atom is 0.248 e. The van der Waals surface area contributed by atoms with Gasteiger partial charge in [0.15, 0.2) is 0 Å². The molecule has 1 saturated heterocycles. The number of aryl methyl sites for hydroxylation is 2. The predicted octanol–water partition coefficient (Wildman–Crippen LogP) is 0.890. The van der Waals surface area contributed by atoms with Gasteiger partial charge in [-0.15, -0.1) is 0 Å². The van der Waals surface area contributed by atoms with Crippen LogP contribution in [0.1, 0.15) is 31.2 Å². The lowest BCUT2D eigenvalue weighted by molar-refractivity contribution is -0.138. The van der Waals surface area contributed by atoms with E-state index in [2.05, 4.69) is 10.4 Å². The van der Waals surface area contributed by atoms with Gasteiger partial charge in [-0.3, -0.25) is 14.3 Å². The molecule has 1 fully saturated rings. The number of ether oxygens (including phenoxy) is 1. The first-order chi connectivity index (χ1) is 11.4. The zero-order valence-electron chi connectivity index (χ0n) is 15.0. The average molecular weight is 336 g/mol. The van der Waals surface area contributed by atoms with Gasteiger partial charge in [-0.25, -0.2) is 0 Å². The van der Waals surface area contributed by atoms with E-state index in [0.717, 1.165) is 11.4 Å². The largest absolute Gasteiger partial charge is 0.375 e. The fourth-order valence-electron chi connectivity index (χ4n) is 3.13. The van der Waals surface area contributed by atoms with E-state index >= 15 is 0 Å². The van der Waals surface area contributed by atoms with Crippen molar-refractivity contribution >= 4 is 11.8 Å². The molecule has 1 aliphatic heterocycles. The minimum atomic E-state index is -0.0282. The van der Waals surface area contributed by atoms with E-state index < -0.39 is 0 Å². The molecule has 0 radical (unpaired) electrons. The molecule has 0 spiro atoms. The lowest BCUT2D eigenvalue weighted by Crippen LogP contribution is -2.46. The number of methoxy groups -OCH3 is 1. The maximum absolute atomic E-state index is 12.4. The Bertz CT molecular complexity index is 576. The Morgan fingerprint density at radius 2 is 2.04 bits per heavy atom. The van der Waals surface area contributed by atoms with Crippen LogP contribution in [-0.4, -0.2) is 59.3 Å². The third-order valence-electron chi connectivity index (χ3n) is 4.43. The maximum atomic E-state index is 12.4. The lowest BCUT2D eigenvalue weighted by atomic mass is 9.95. The Morgan fingerprint density at radius 1 is 1.38 bits per heavy atom. The molecular formula is C17H28N4O3. The fourth-order valence-corrected chi connectivity index (χ4v) is 3.13. The highest BCUT2D eigenvalue weighted by Crippen LogP contribution is 2.18. The summed E-state index contributed by atoms with van der Waals surface area (Å²) in [5.41, 5.74) is 2.08. The van der Waals surface area contributed by atoms with Crippen LogP contribution in [0.3, 0.4) is 0 Å². The summed E-state index contributed by atoms with van der Waals surface area (Å²) in [6.07, 6.45) is 1.40. The number of hydrogen-bond donors (Lipinski definition) is 1. The van der Waals surface area contributed by atoms with Crippen molar-refractivity contribution in [3.8, 4) is 0 Å². The van der Waals surface area contributed by atoms with Crippen LogP contribution in [0.25, 0.3) is 0 Å². The van der Waals surface area contributed by atoms with Crippen molar-refractivity contribution in [2.24, 2.45) is 5.92 Å². The molecule has 7 heteroatoms. The van der Waals surface area contributed by atoms with E-state index in [-0.39, 0.29) is 30.4 Å². The smallest absolute Gasteiger partial charge is 0.248 e. The Kier molecular flexibility index (Phi) is 6.36. The Hall–Kier alpha value is -1.89. The molecule has 2 heterocycles. The van der Waals surface area contributed by atoms with Crippen LogP contribution in [0.2, 0.25) is 0 Å². The van der Waals surface area contributed by atoms with Crippen LogP contribution in [0, 0.1) is 19.8 Å². The molecule has 7 nitrogen and oxygen atoms in total. The lowest BCUT2D eigenvalue weighted by Gasteiger charge is -2.31. The van der Waals surface area contributed by atoms with Crippen LogP contribution in [0.4, 0.5) is 0 Å². The zero-order valence-corrected chi connectivity index (χ0v) is 15.0. The first kappa shape index (κ1) is 18.4. The molecule has 1 aliphatic rings. The summed E-state index contributed by atoms with van der Waals surface area (Å²) in [6, 6.07) is 2.05. The number of rotatable bonds is 6. The van der Waals surface area contributed by atoms with Gasteiger partial charge in [-0.2, -0.15) is 5.10 Å². The summed E-state index contributed by atoms with van der Waals surface area (Å²) in [5.74, 6) is 0.0385. The van der Waals surface area contributed by atoms with E-state index in [1.165, 1.54) is 7.11 Å². The van der Waals surface area contributed by atoms with Gasteiger partial charge < -0.3 is 15.0 Å². The summed E-state index contributed by atoms with van der Waals surface area (Å²) >= 11 is 0. The normalized spacial score (nSPS) is 16.9. The van der Waals surface area contributed by atoms with Crippen molar-refractivity contribution in [2.45, 2.75) is 46.2 Å². The van der Waals surface area contributed by atoms with Crippen LogP contribution in [-0.2, 0) is 20.9 Å². The number of likely N-dealkylation sites (tertiary alicyclic amines) is 1. The van der Waals surface area contributed by atoms with Gasteiger partial charge in [0.1, 0.15) is 6.61 Å². The highest BCUT2D eigenvalue weighted by molar-refractivity contribution is 5.80. The molecule has 24 heavy (non-hydrogen) atoms. The second-order valence-corrected chi connectivity index (χ2v) is 6.61. The van der Waals surface area contributed by atoms with Crippen molar-refractivity contribution in [3.05, 3.63) is 17.5 Å². The third-order valence-corrected chi connectivity index (χ3v) is 4.43. The quantitative estimate of drug-likeness (QED) is 0.837. The standard InChI is InChI=1S/C17H28N4O3/c1-12-9-14(3)21(19-12)10-13(2)18-17(23)15-5-7-20(8-6-15)16(22)11-24-4/h9,13,15H,5-8,10-11H2,1-4H3,(H,18,23)/t13-/m0/s1. The minimum Gasteiger partial charge on any atom is -0.375 e. The van der Waals surface area contributed by atoms with E-state index in [1.807, 2.05) is 31.5 Å². The van der Waals surface area contributed by atoms with Gasteiger partial charge in [0.25, 0.3) is 0 Å². The number of nitrogens with one attached hydrogen (secondary N) is 1. The molecule has 0 saturated carbocycles. The van der Waals surface area contributed by atoms with Crippen LogP contribution in [0.15, 0.2) is 6.07 Å². The summed E-state index contributed by atoms with van der Waals surface area (Å²) < 4.78 is 6.80. The molecule has 134 valence electrons. The van der Waals surface area contributed by atoms with Gasteiger partial charge in [0.05, 0.1) is 12.2 Å². The van der Waals surface area contributed by atoms with E-state index in [1.54, 1.807) is 4.90 Å². The van der Waals surface area contributed by atoms with Crippen LogP contribution < -0.4 is 5.32 Å². The first-order valence-corrected chi connectivity index (χ1v) is 8.49. The average Bonchev–Trinajstić information content (AvgIpc) is 2.85. The molecule has 2 amide bonds. The monoisotopic (exact) mass is 336 g/mol. The molecule has 2 rings (SSSR count). The molecule has 0 aliphatic carbocycles. The first-order valence-electron chi connectivity index (χ1n) is 8.49. The summed E-state index contributed by atoms with van der Waals surface area (Å²) in [6.45, 7) is 7.98. The van der Waals surface area contributed by atoms with Crippen molar-refractivity contribution in [3.63, 3.8) is 0 Å². The second kappa shape index (κ2) is 8.28. The van der Waals surface area contributed by atoms with E-state index in [9.17, 15) is 9.59 Å². The Labute approximate surface area is 143 Å². The van der Waals surface area contributed by atoms with Gasteiger partial charge in [-0.1, -0.05) is 0 Å². The molecule has 1 aromatic rings. The van der Waals surface area contributed by atoms with Gasteiger partial charge in [0, 0.05) is 37.9 Å². The minimum absolute atomic E-state index is 0.00532. The highest BCUT2D eigenvalue weighted by atomic mass is 16.5. The van der Waals surface area contributed by atoms with Crippen molar-refractivity contribution < 1.29 is 14.3 Å². The second-order valence-electron chi connectivity index (χ2n) is 6.61. The fraction of sp³-hybridized carbons (Fsp3) is 0.706. The van der Waals surface area contributed by atoms with Gasteiger partial charge in [0.2, 0.25) is 11.8 Å². The molecule has 0 bridgehead atoms. The number of piperidine rings is 1. The number of hydrogen-bond acceptors (Lipinski definition) is 4. The number of carbonyl (C=O) groups excluding carboxylic acids is 2. The molecule has 1 atom stereocenters. The Balaban J connectivity index is 1.78. The summed E-state index contributed by atoms with van der Waals surface area (Å²) in [5, 5.41) is 7.50. The summed E-state index contributed by atoms with van der Waals surface area (Å²) in [7, 11) is 1.52. The topological polar surface area (TPSA) is 76.5 Å². The molecule has 0 aromatic carbocycles. The van der Waals surface area contributed by atoms with Crippen molar-refractivity contribution in [1.29, 1.82) is 0 Å². The van der Waals surface area contributed by atoms with Crippen molar-refractivity contribution in [1.82, 2.24) is 20.0 Å². The third kappa shape index (κ3) is 4.80. The number of carbonyl (C=O) groups is 2. The molecular weight excluding hydrogens is 308 g/mol. The Morgan fingerprint density at radius 3 is 2.58 bits per heavy atom. The van der Waals surface area contributed by atoms with Crippen molar-refractivity contribution in [2.75, 3.05) is 26.8 Å². The number of nitrogens with zero attached hydrogens (tertiary/aromatic N) is 3. The molecule has 0 unspecified atom stereocenters. The number of aromatic nitrogens is 2. The van der Waals surface area contributed by atoms with Crippen LogP contribution in [0.5, 0.6) is 0 Å². The van der Waals surface area contributed by atoms with E-state index in [0.29, 0.717) is 32.5 Å². The SMILES string of the molecule is COCC(=O)N1CCC(C(=O)N[C@@H](C)Cn2nc(C)cc2C)CC1. The summed E-state index contributed by atoms with van der Waals surface area (Å²) in [4.78, 5) is 26.0. The van der Waals surface area contributed by atoms with E-state index in [4.69, 9.17) is 4.74 Å². The van der Waals surface area contributed by atoms with Crippen LogP contribution >= 0.6 is 0 Å². The highest BCUT2D eigenvalue weighted by Gasteiger charge is 2.27. The number of amides is 2. The molecule has 1 N–H and O–H groups in total. The molecule has 1 aromatic heterocycles. The van der Waals surface area contributed by atoms with Gasteiger partial charge in [-0.05, 0) is 39.7 Å². The zero-order chi connectivity index (χ0) is 17.7. The predicted molar refractivity (Wildman–Crippen MR) is 90.5 cm³/mol. The van der Waals surface area contributed by atoms with Gasteiger partial charge >= 0.3 is 0 Å².